The van der Waals surface area contributed by atoms with Crippen molar-refractivity contribution in [1.29, 1.82) is 0 Å². The van der Waals surface area contributed by atoms with E-state index in [1.165, 1.54) is 23.9 Å². The quantitative estimate of drug-likeness (QED) is 0.711. The zero-order valence-electron chi connectivity index (χ0n) is 16.2. The second-order valence-electron chi connectivity index (χ2n) is 6.73. The van der Waals surface area contributed by atoms with Gasteiger partial charge in [-0.25, -0.2) is 4.39 Å². The summed E-state index contributed by atoms with van der Waals surface area (Å²) in [6.07, 6.45) is 1.85. The van der Waals surface area contributed by atoms with Crippen LogP contribution in [-0.2, 0) is 4.79 Å². The topological polar surface area (TPSA) is 45.1 Å². The third-order valence-corrected chi connectivity index (χ3v) is 5.90. The van der Waals surface area contributed by atoms with Crippen LogP contribution in [0.15, 0.2) is 58.4 Å². The number of halogens is 1. The van der Waals surface area contributed by atoms with Crippen LogP contribution < -0.4 is 9.64 Å². The van der Waals surface area contributed by atoms with Crippen molar-refractivity contribution in [3.63, 3.8) is 0 Å². The number of carbonyl (C=O) groups is 1. The van der Waals surface area contributed by atoms with Crippen LogP contribution in [0.2, 0.25) is 0 Å². The fourth-order valence-corrected chi connectivity index (χ4v) is 4.32. The third-order valence-electron chi connectivity index (χ3n) is 4.86. The molecule has 0 atom stereocenters. The largest absolute Gasteiger partial charge is 0.493 e. The predicted molar refractivity (Wildman–Crippen MR) is 116 cm³/mol. The number of nitrogens with zero attached hydrogens (tertiary/aromatic N) is 3. The van der Waals surface area contributed by atoms with Crippen molar-refractivity contribution < 1.29 is 13.9 Å². The first-order valence-corrected chi connectivity index (χ1v) is 10.5. The van der Waals surface area contributed by atoms with E-state index in [1.807, 2.05) is 37.3 Å². The van der Waals surface area contributed by atoms with Gasteiger partial charge < -0.3 is 14.5 Å². The fraction of sp³-hybridized carbons (Fsp3) is 0.273. The van der Waals surface area contributed by atoms with E-state index in [0.717, 1.165) is 48.3 Å². The minimum atomic E-state index is -0.229. The molecule has 5 nitrogen and oxygen atoms in total. The van der Waals surface area contributed by atoms with E-state index >= 15 is 0 Å². The molecule has 29 heavy (non-hydrogen) atoms. The number of amides is 1. The Labute approximate surface area is 173 Å². The summed E-state index contributed by atoms with van der Waals surface area (Å²) in [5.41, 5.74) is 1.89. The Morgan fingerprint density at radius 1 is 1.07 bits per heavy atom. The summed E-state index contributed by atoms with van der Waals surface area (Å²) in [6, 6.07) is 14.2. The smallest absolute Gasteiger partial charge is 0.286 e. The van der Waals surface area contributed by atoms with Crippen molar-refractivity contribution >= 4 is 34.6 Å². The lowest BCUT2D eigenvalue weighted by Gasteiger charge is -2.36. The van der Waals surface area contributed by atoms with Crippen LogP contribution in [0.5, 0.6) is 5.75 Å². The highest BCUT2D eigenvalue weighted by Crippen LogP contribution is 2.33. The van der Waals surface area contributed by atoms with Crippen molar-refractivity contribution in [3.8, 4) is 5.75 Å². The number of benzene rings is 2. The molecule has 150 valence electrons. The number of rotatable bonds is 4. The van der Waals surface area contributed by atoms with Gasteiger partial charge in [0, 0.05) is 37.4 Å². The molecule has 0 aromatic heterocycles. The number of hydrogen-bond acceptors (Lipinski definition) is 5. The molecule has 1 saturated heterocycles. The summed E-state index contributed by atoms with van der Waals surface area (Å²) in [4.78, 5) is 21.6. The van der Waals surface area contributed by atoms with Gasteiger partial charge in [0.25, 0.3) is 5.91 Å². The minimum Gasteiger partial charge on any atom is -0.493 e. The van der Waals surface area contributed by atoms with Crippen LogP contribution in [0.4, 0.5) is 10.1 Å². The van der Waals surface area contributed by atoms with Crippen molar-refractivity contribution in [2.75, 3.05) is 37.7 Å². The number of carbonyl (C=O) groups excluding carboxylic acids is 1. The lowest BCUT2D eigenvalue weighted by Crippen LogP contribution is -2.47. The summed E-state index contributed by atoms with van der Waals surface area (Å²) in [6.45, 7) is 5.63. The highest BCUT2D eigenvalue weighted by Gasteiger charge is 2.28. The van der Waals surface area contributed by atoms with Gasteiger partial charge in [-0.2, -0.15) is 4.99 Å². The number of piperazine rings is 1. The molecule has 2 aromatic rings. The van der Waals surface area contributed by atoms with Gasteiger partial charge in [0.1, 0.15) is 11.6 Å². The molecule has 2 heterocycles. The molecule has 0 aliphatic carbocycles. The second-order valence-corrected chi connectivity index (χ2v) is 7.74. The number of thioether (sulfide) groups is 1. The first kappa shape index (κ1) is 19.5. The summed E-state index contributed by atoms with van der Waals surface area (Å²) >= 11 is 1.41. The molecule has 2 aliphatic heterocycles. The molecule has 7 heteroatoms. The Morgan fingerprint density at radius 3 is 2.48 bits per heavy atom. The number of hydrogen-bond donors (Lipinski definition) is 0. The van der Waals surface area contributed by atoms with Crippen LogP contribution in [0.25, 0.3) is 6.08 Å². The number of ether oxygens (including phenoxy) is 1. The SMILES string of the molecule is CCOc1ccccc1/C=C1\SC(N2CCN(c3ccc(F)cc3)CC2)=NC1=O. The van der Waals surface area contributed by atoms with Gasteiger partial charge >= 0.3 is 0 Å². The van der Waals surface area contributed by atoms with Gasteiger partial charge in [0.2, 0.25) is 0 Å². The molecule has 4 rings (SSSR count). The standard InChI is InChI=1S/C22H22FN3O2S/c1-2-28-19-6-4-3-5-16(19)15-20-21(27)24-22(29-20)26-13-11-25(12-14-26)18-9-7-17(23)8-10-18/h3-10,15H,2,11-14H2,1H3/b20-15-. The Kier molecular flexibility index (Phi) is 5.85. The highest BCUT2D eigenvalue weighted by molar-refractivity contribution is 8.18. The highest BCUT2D eigenvalue weighted by atomic mass is 32.2. The molecular weight excluding hydrogens is 389 g/mol. The van der Waals surface area contributed by atoms with Gasteiger partial charge in [-0.3, -0.25) is 4.79 Å². The Bertz CT molecular complexity index is 951. The van der Waals surface area contributed by atoms with E-state index < -0.39 is 0 Å². The van der Waals surface area contributed by atoms with E-state index in [4.69, 9.17) is 4.74 Å². The molecule has 2 aliphatic rings. The molecule has 0 N–H and O–H groups in total. The summed E-state index contributed by atoms with van der Waals surface area (Å²) in [7, 11) is 0. The minimum absolute atomic E-state index is 0.211. The number of amidine groups is 1. The fourth-order valence-electron chi connectivity index (χ4n) is 3.37. The van der Waals surface area contributed by atoms with Crippen LogP contribution in [0, 0.1) is 5.82 Å². The molecule has 2 aromatic carbocycles. The number of para-hydroxylation sites is 1. The number of anilines is 1. The van der Waals surface area contributed by atoms with Crippen molar-refractivity contribution in [3.05, 3.63) is 64.8 Å². The summed E-state index contributed by atoms with van der Waals surface area (Å²) < 4.78 is 18.8. The van der Waals surface area contributed by atoms with Crippen molar-refractivity contribution in [2.24, 2.45) is 4.99 Å². The lowest BCUT2D eigenvalue weighted by molar-refractivity contribution is -0.113. The van der Waals surface area contributed by atoms with Gasteiger partial charge in [-0.1, -0.05) is 18.2 Å². The third kappa shape index (κ3) is 4.45. The Balaban J connectivity index is 1.41. The molecule has 1 amide bonds. The van der Waals surface area contributed by atoms with Crippen molar-refractivity contribution in [1.82, 2.24) is 4.90 Å². The first-order valence-electron chi connectivity index (χ1n) is 9.64. The maximum absolute atomic E-state index is 13.1. The van der Waals surface area contributed by atoms with Crippen LogP contribution >= 0.6 is 11.8 Å². The average molecular weight is 412 g/mol. The average Bonchev–Trinajstić information content (AvgIpc) is 3.11. The van der Waals surface area contributed by atoms with E-state index in [2.05, 4.69) is 14.8 Å². The zero-order valence-corrected chi connectivity index (χ0v) is 17.0. The van der Waals surface area contributed by atoms with Crippen LogP contribution in [0.3, 0.4) is 0 Å². The van der Waals surface area contributed by atoms with Gasteiger partial charge in [-0.15, -0.1) is 0 Å². The Morgan fingerprint density at radius 2 is 1.76 bits per heavy atom. The Hall–Kier alpha value is -2.80. The first-order chi connectivity index (χ1) is 14.1. The van der Waals surface area contributed by atoms with Gasteiger partial charge in [-0.05, 0) is 55.1 Å². The molecule has 1 fully saturated rings. The van der Waals surface area contributed by atoms with E-state index in [0.29, 0.717) is 11.5 Å². The van der Waals surface area contributed by atoms with E-state index in [9.17, 15) is 9.18 Å². The predicted octanol–water partition coefficient (Wildman–Crippen LogP) is 4.02. The molecule has 0 radical (unpaired) electrons. The molecule has 0 bridgehead atoms. The van der Waals surface area contributed by atoms with Gasteiger partial charge in [0.05, 0.1) is 11.5 Å². The molecule has 0 unspecified atom stereocenters. The van der Waals surface area contributed by atoms with E-state index in [-0.39, 0.29) is 11.7 Å². The second kappa shape index (κ2) is 8.69. The van der Waals surface area contributed by atoms with Gasteiger partial charge in [0.15, 0.2) is 5.17 Å². The number of aliphatic imine (C=N–C) groups is 1. The van der Waals surface area contributed by atoms with Crippen LogP contribution in [-0.4, -0.2) is 48.8 Å². The lowest BCUT2D eigenvalue weighted by atomic mass is 10.2. The normalized spacial score (nSPS) is 18.3. The monoisotopic (exact) mass is 411 g/mol. The van der Waals surface area contributed by atoms with Crippen LogP contribution in [0.1, 0.15) is 12.5 Å². The zero-order chi connectivity index (χ0) is 20.2. The molecule has 0 spiro atoms. The summed E-state index contributed by atoms with van der Waals surface area (Å²) in [5, 5.41) is 0.744. The van der Waals surface area contributed by atoms with Crippen molar-refractivity contribution in [2.45, 2.75) is 6.92 Å². The molecular formula is C22H22FN3O2S. The maximum Gasteiger partial charge on any atom is 0.286 e. The maximum atomic E-state index is 13.1. The summed E-state index contributed by atoms with van der Waals surface area (Å²) in [5.74, 6) is 0.322. The van der Waals surface area contributed by atoms with E-state index in [1.54, 1.807) is 12.1 Å². The molecule has 0 saturated carbocycles.